The van der Waals surface area contributed by atoms with Gasteiger partial charge in [0.1, 0.15) is 27.8 Å². The molecule has 0 aliphatic carbocycles. The predicted octanol–water partition coefficient (Wildman–Crippen LogP) is 4.45. The molecule has 2 N–H and O–H groups in total. The minimum absolute atomic E-state index is 0.0291. The van der Waals surface area contributed by atoms with Crippen LogP contribution in [0.25, 0.3) is 11.2 Å². The molecule has 0 bridgehead atoms. The summed E-state index contributed by atoms with van der Waals surface area (Å²) in [4.78, 5) is 36.2. The smallest absolute Gasteiger partial charge is 0.417 e. The van der Waals surface area contributed by atoms with Gasteiger partial charge in [0.05, 0.1) is 18.9 Å². The van der Waals surface area contributed by atoms with Gasteiger partial charge in [0.15, 0.2) is 11.4 Å². The van der Waals surface area contributed by atoms with E-state index in [4.69, 9.17) is 16.3 Å². The van der Waals surface area contributed by atoms with Crippen LogP contribution in [0.1, 0.15) is 5.56 Å². The fourth-order valence-corrected chi connectivity index (χ4v) is 3.50. The number of nitrogens with zero attached hydrogens (tertiary/aromatic N) is 5. The molecule has 4 rings (SSSR count). The predicted molar refractivity (Wildman–Crippen MR) is 124 cm³/mol. The summed E-state index contributed by atoms with van der Waals surface area (Å²) in [6.07, 6.45) is -1.97. The fourth-order valence-electron chi connectivity index (χ4n) is 3.20. The molecule has 1 amide bonds. The zero-order valence-electron chi connectivity index (χ0n) is 18.8. The van der Waals surface area contributed by atoms with Crippen molar-refractivity contribution in [2.75, 3.05) is 17.7 Å². The molecule has 4 aromatic rings. The van der Waals surface area contributed by atoms with Crippen molar-refractivity contribution in [3.8, 4) is 11.5 Å². The molecule has 36 heavy (non-hydrogen) atoms. The second kappa shape index (κ2) is 9.37. The Labute approximate surface area is 205 Å². The average molecular weight is 524 g/mol. The highest BCUT2D eigenvalue weighted by atomic mass is 35.5. The summed E-state index contributed by atoms with van der Waals surface area (Å²) in [5, 5.41) is 5.12. The van der Waals surface area contributed by atoms with Crippen LogP contribution in [0, 0.1) is 0 Å². The lowest BCUT2D eigenvalue weighted by atomic mass is 10.2. The number of carbonyl (C=O) groups excluding carboxylic acids is 1. The van der Waals surface area contributed by atoms with Gasteiger partial charge in [0.25, 0.3) is 5.56 Å². The van der Waals surface area contributed by atoms with E-state index in [0.717, 1.165) is 4.57 Å². The number of aromatic nitrogens is 5. The molecule has 188 valence electrons. The number of aryl methyl sites for hydroxylation is 2. The van der Waals surface area contributed by atoms with E-state index in [1.54, 1.807) is 0 Å². The van der Waals surface area contributed by atoms with E-state index in [1.165, 1.54) is 50.3 Å². The number of amides is 1. The first-order valence-corrected chi connectivity index (χ1v) is 10.4. The first-order chi connectivity index (χ1) is 17.0. The van der Waals surface area contributed by atoms with Crippen LogP contribution in [0.2, 0.25) is 5.02 Å². The van der Waals surface area contributed by atoms with Crippen LogP contribution in [0.15, 0.2) is 41.6 Å². The van der Waals surface area contributed by atoms with Crippen molar-refractivity contribution in [1.29, 1.82) is 0 Å². The Morgan fingerprint density at radius 3 is 2.64 bits per heavy atom. The summed E-state index contributed by atoms with van der Waals surface area (Å²) < 4.78 is 52.2. The average Bonchev–Trinajstić information content (AvgIpc) is 3.13. The lowest BCUT2D eigenvalue weighted by Crippen LogP contribution is -2.23. The van der Waals surface area contributed by atoms with Crippen LogP contribution in [0.3, 0.4) is 0 Å². The minimum atomic E-state index is -4.65. The zero-order valence-corrected chi connectivity index (χ0v) is 19.6. The molecule has 0 atom stereocenters. The Kier molecular flexibility index (Phi) is 6.45. The number of nitrogens with one attached hydrogen (secondary N) is 2. The Balaban J connectivity index is 1.68. The first-order valence-electron chi connectivity index (χ1n) is 10.0. The summed E-state index contributed by atoms with van der Waals surface area (Å²) in [6, 6.07) is 3.65. The normalized spacial score (nSPS) is 11.4. The van der Waals surface area contributed by atoms with E-state index in [-0.39, 0.29) is 39.6 Å². The molecule has 0 unspecified atom stereocenters. The van der Waals surface area contributed by atoms with Crippen molar-refractivity contribution < 1.29 is 27.4 Å². The maximum absolute atomic E-state index is 13.2. The second-order valence-electron chi connectivity index (χ2n) is 7.38. The lowest BCUT2D eigenvalue weighted by Gasteiger charge is -2.12. The maximum Gasteiger partial charge on any atom is 0.417 e. The van der Waals surface area contributed by atoms with E-state index in [9.17, 15) is 22.8 Å². The summed E-state index contributed by atoms with van der Waals surface area (Å²) in [6.45, 7) is 0. The third-order valence-corrected chi connectivity index (χ3v) is 5.30. The van der Waals surface area contributed by atoms with E-state index in [2.05, 4.69) is 30.3 Å². The number of anilines is 3. The quantitative estimate of drug-likeness (QED) is 0.393. The monoisotopic (exact) mass is 523 g/mol. The Morgan fingerprint density at radius 1 is 1.19 bits per heavy atom. The Morgan fingerprint density at radius 2 is 1.94 bits per heavy atom. The molecule has 4 heterocycles. The standard InChI is InChI=1S/C21H17ClF3N7O4/c1-31-9-10(21(23,24)25)6-12(18(31)33)28-19-30-17-16(32(19)2)15(22)13(8-27-17)36-11-4-5-26-14(7-11)29-20(34)35-3/h4-9H,1-3H3,(H,26,29,34)(H,27,28,30). The van der Waals surface area contributed by atoms with Gasteiger partial charge in [-0.3, -0.25) is 10.1 Å². The third-order valence-electron chi connectivity index (χ3n) is 4.94. The number of imidazole rings is 1. The molecule has 15 heteroatoms. The molecule has 0 radical (unpaired) electrons. The van der Waals surface area contributed by atoms with Crippen LogP contribution < -0.4 is 20.9 Å². The van der Waals surface area contributed by atoms with Crippen molar-refractivity contribution in [2.24, 2.45) is 14.1 Å². The second-order valence-corrected chi connectivity index (χ2v) is 7.76. The van der Waals surface area contributed by atoms with Gasteiger partial charge in [0, 0.05) is 32.6 Å². The van der Waals surface area contributed by atoms with E-state index in [0.29, 0.717) is 17.8 Å². The number of pyridine rings is 3. The van der Waals surface area contributed by atoms with Gasteiger partial charge >= 0.3 is 12.3 Å². The number of hydrogen-bond acceptors (Lipinski definition) is 8. The van der Waals surface area contributed by atoms with E-state index < -0.39 is 23.4 Å². The molecule has 0 aliphatic rings. The van der Waals surface area contributed by atoms with Gasteiger partial charge in [-0.25, -0.2) is 14.8 Å². The highest BCUT2D eigenvalue weighted by molar-refractivity contribution is 6.36. The number of fused-ring (bicyclic) bond motifs is 1. The summed E-state index contributed by atoms with van der Waals surface area (Å²) in [5.74, 6) is 0.594. The minimum Gasteiger partial charge on any atom is -0.454 e. The van der Waals surface area contributed by atoms with Crippen molar-refractivity contribution in [3.05, 3.63) is 57.7 Å². The third kappa shape index (κ3) is 4.88. The summed E-state index contributed by atoms with van der Waals surface area (Å²) in [7, 11) is 3.96. The van der Waals surface area contributed by atoms with Crippen LogP contribution >= 0.6 is 11.6 Å². The topological polar surface area (TPSA) is 125 Å². The molecule has 0 saturated heterocycles. The molecule has 0 aromatic carbocycles. The molecule has 0 saturated carbocycles. The number of ether oxygens (including phenoxy) is 2. The molecular weight excluding hydrogens is 507 g/mol. The van der Waals surface area contributed by atoms with Gasteiger partial charge in [0.2, 0.25) is 5.95 Å². The number of halogens is 4. The molecule has 0 aliphatic heterocycles. The SMILES string of the molecule is COC(=O)Nc1cc(Oc2cnc3nc(Nc4cc(C(F)(F)F)cn(C)c4=O)n(C)c3c2Cl)ccn1. The van der Waals surface area contributed by atoms with Gasteiger partial charge in [-0.15, -0.1) is 0 Å². The van der Waals surface area contributed by atoms with Crippen LogP contribution in [0.5, 0.6) is 11.5 Å². The summed E-state index contributed by atoms with van der Waals surface area (Å²) in [5.41, 5.74) is -1.57. The molecule has 0 fully saturated rings. The van der Waals surface area contributed by atoms with Crippen LogP contribution in [-0.2, 0) is 25.0 Å². The van der Waals surface area contributed by atoms with Crippen molar-refractivity contribution in [1.82, 2.24) is 24.1 Å². The van der Waals surface area contributed by atoms with Gasteiger partial charge in [-0.2, -0.15) is 18.2 Å². The number of carbonyl (C=O) groups is 1. The zero-order chi connectivity index (χ0) is 26.2. The highest BCUT2D eigenvalue weighted by Crippen LogP contribution is 2.36. The van der Waals surface area contributed by atoms with Crippen molar-refractivity contribution >= 4 is 46.3 Å². The number of hydrogen-bond donors (Lipinski definition) is 2. The lowest BCUT2D eigenvalue weighted by molar-refractivity contribution is -0.138. The van der Waals surface area contributed by atoms with Gasteiger partial charge in [-0.05, 0) is 12.1 Å². The number of methoxy groups -OCH3 is 1. The van der Waals surface area contributed by atoms with Crippen LogP contribution in [0.4, 0.5) is 35.4 Å². The summed E-state index contributed by atoms with van der Waals surface area (Å²) >= 11 is 6.53. The molecule has 4 aromatic heterocycles. The van der Waals surface area contributed by atoms with Gasteiger partial charge < -0.3 is 23.9 Å². The van der Waals surface area contributed by atoms with Crippen LogP contribution in [-0.4, -0.2) is 37.3 Å². The molecule has 11 nitrogen and oxygen atoms in total. The van der Waals surface area contributed by atoms with Crippen molar-refractivity contribution in [2.45, 2.75) is 6.18 Å². The first kappa shape index (κ1) is 24.8. The van der Waals surface area contributed by atoms with E-state index in [1.807, 2.05) is 0 Å². The van der Waals surface area contributed by atoms with Gasteiger partial charge in [-0.1, -0.05) is 11.6 Å². The molecule has 0 spiro atoms. The Bertz CT molecular complexity index is 1530. The Hall–Kier alpha value is -4.33. The maximum atomic E-state index is 13.2. The number of alkyl halides is 3. The van der Waals surface area contributed by atoms with E-state index >= 15 is 0 Å². The van der Waals surface area contributed by atoms with Crippen molar-refractivity contribution in [3.63, 3.8) is 0 Å². The highest BCUT2D eigenvalue weighted by Gasteiger charge is 2.32. The largest absolute Gasteiger partial charge is 0.454 e. The molecular formula is C21H17ClF3N7O4. The fraction of sp³-hybridized carbons (Fsp3) is 0.190. The number of rotatable bonds is 5.